The van der Waals surface area contributed by atoms with Crippen molar-refractivity contribution in [1.29, 1.82) is 5.26 Å². The molecule has 3 N–H and O–H groups in total. The van der Waals surface area contributed by atoms with Crippen LogP contribution in [-0.4, -0.2) is 98.8 Å². The normalized spacial score (nSPS) is 17.4. The predicted octanol–water partition coefficient (Wildman–Crippen LogP) is 9.83. The molecule has 2 fully saturated rings. The summed E-state index contributed by atoms with van der Waals surface area (Å²) in [5, 5.41) is 24.9. The first-order valence-corrected chi connectivity index (χ1v) is 25.9. The first-order valence-electron chi connectivity index (χ1n) is 24.6. The van der Waals surface area contributed by atoms with Crippen LogP contribution in [0.3, 0.4) is 0 Å². The van der Waals surface area contributed by atoms with Gasteiger partial charge in [-0.2, -0.15) is 31.6 Å². The summed E-state index contributed by atoms with van der Waals surface area (Å²) in [4.78, 5) is 66.5. The number of rotatable bonds is 17. The number of alkyl halides is 6. The molecule has 2 aromatic heterocycles. The highest BCUT2D eigenvalue weighted by molar-refractivity contribution is 7.81. The van der Waals surface area contributed by atoms with Crippen molar-refractivity contribution in [1.82, 2.24) is 25.5 Å². The monoisotopic (exact) mass is 1140 g/mol. The molecule has 25 heteroatoms. The van der Waals surface area contributed by atoms with Crippen molar-refractivity contribution in [2.75, 3.05) is 36.2 Å². The van der Waals surface area contributed by atoms with Crippen LogP contribution in [0.25, 0.3) is 21.7 Å². The predicted molar refractivity (Wildman–Crippen MR) is 279 cm³/mol. The summed E-state index contributed by atoms with van der Waals surface area (Å²) in [6.45, 7) is 10.8. The van der Waals surface area contributed by atoms with Crippen molar-refractivity contribution in [3.8, 4) is 33.5 Å². The van der Waals surface area contributed by atoms with E-state index in [4.69, 9.17) is 21.7 Å². The molecule has 3 aromatic carbocycles. The fourth-order valence-corrected chi connectivity index (χ4v) is 10.6. The van der Waals surface area contributed by atoms with E-state index in [1.807, 2.05) is 38.1 Å². The van der Waals surface area contributed by atoms with Gasteiger partial charge < -0.3 is 35.0 Å². The van der Waals surface area contributed by atoms with Gasteiger partial charge in [-0.05, 0) is 99.6 Å². The van der Waals surface area contributed by atoms with Crippen LogP contribution in [0.1, 0.15) is 94.8 Å². The Morgan fingerprint density at radius 2 is 1.65 bits per heavy atom. The second-order valence-corrected chi connectivity index (χ2v) is 21.7. The topological polar surface area (TPSA) is 190 Å². The number of thiocarbonyl (C=S) groups is 1. The van der Waals surface area contributed by atoms with Crippen molar-refractivity contribution in [3.63, 3.8) is 0 Å². The van der Waals surface area contributed by atoms with Crippen LogP contribution in [0.5, 0.6) is 5.75 Å². The number of nitrogens with zero attached hydrogens (tertiary/aromatic N) is 6. The van der Waals surface area contributed by atoms with E-state index >= 15 is 8.78 Å². The van der Waals surface area contributed by atoms with Crippen LogP contribution < -0.4 is 25.2 Å². The van der Waals surface area contributed by atoms with Gasteiger partial charge in [0.15, 0.2) is 16.7 Å². The maximum atomic E-state index is 16.0. The number of anilines is 2. The quantitative estimate of drug-likeness (QED) is 0.0455. The van der Waals surface area contributed by atoms with Crippen molar-refractivity contribution in [2.45, 2.75) is 110 Å². The number of amides is 4. The van der Waals surface area contributed by atoms with E-state index in [0.717, 1.165) is 57.1 Å². The fourth-order valence-electron chi connectivity index (χ4n) is 9.23. The molecule has 0 saturated carbocycles. The Bertz CT molecular complexity index is 3200. The number of benzene rings is 3. The Morgan fingerprint density at radius 3 is 2.25 bits per heavy atom. The first-order chi connectivity index (χ1) is 36.9. The first kappa shape index (κ1) is 59.5. The third-order valence-corrected chi connectivity index (χ3v) is 14.7. The number of nitriles is 1. The van der Waals surface area contributed by atoms with E-state index in [-0.39, 0.29) is 50.5 Å². The third kappa shape index (κ3) is 12.8. The van der Waals surface area contributed by atoms with E-state index in [9.17, 15) is 55.9 Å². The molecule has 0 unspecified atom stereocenters. The summed E-state index contributed by atoms with van der Waals surface area (Å²) in [6.07, 6.45) is -9.95. The minimum absolute atomic E-state index is 0.00495. The zero-order chi connectivity index (χ0) is 58.1. The molecule has 79 heavy (non-hydrogen) atoms. The fraction of sp³-hybridized carbons (Fsp3) is 0.407. The number of aromatic nitrogens is 2. The SMILES string of the molecule is Cc1ncsc1-c1ccc([C@H](C)NC(=O)[C@@H]2C[C@@H](O)CN2C(=O)[C@@H](NC(=O)COCCCCOc2ccc(-c3ncc(N4C(=S)N(c5ccc(C#N)c(C(F)(F)F)c5F)C(=O)C4(C)C)cc3F)c(C(F)(F)F)c2)C(C)(C)C)cc1. The lowest BCUT2D eigenvalue weighted by atomic mass is 9.85. The van der Waals surface area contributed by atoms with E-state index in [2.05, 4.69) is 20.6 Å². The number of aryl methyl sites for hydroxylation is 1. The highest BCUT2D eigenvalue weighted by atomic mass is 32.1. The highest BCUT2D eigenvalue weighted by Crippen LogP contribution is 2.44. The third-order valence-electron chi connectivity index (χ3n) is 13.3. The molecule has 2 aliphatic rings. The molecule has 4 amide bonds. The average molecular weight is 1140 g/mol. The van der Waals surface area contributed by atoms with E-state index < -0.39 is 128 Å². The molecule has 4 atom stereocenters. The van der Waals surface area contributed by atoms with Crippen LogP contribution in [0.15, 0.2) is 72.4 Å². The highest BCUT2D eigenvalue weighted by Gasteiger charge is 2.52. The number of carbonyl (C=O) groups excluding carboxylic acids is 4. The molecule has 15 nitrogen and oxygen atoms in total. The van der Waals surface area contributed by atoms with Crippen molar-refractivity contribution < 1.29 is 68.9 Å². The molecule has 0 radical (unpaired) electrons. The smallest absolute Gasteiger partial charge is 0.420 e. The van der Waals surface area contributed by atoms with Gasteiger partial charge in [0.05, 0.1) is 69.6 Å². The van der Waals surface area contributed by atoms with Crippen LogP contribution in [-0.2, 0) is 36.3 Å². The number of likely N-dealkylation sites (tertiary alicyclic amines) is 1. The Kier molecular flexibility index (Phi) is 17.5. The molecule has 4 heterocycles. The number of nitrogens with one attached hydrogen (secondary N) is 2. The van der Waals surface area contributed by atoms with Crippen LogP contribution in [0, 0.1) is 35.3 Å². The van der Waals surface area contributed by atoms with Crippen LogP contribution in [0.4, 0.5) is 46.5 Å². The number of aliphatic hydroxyl groups excluding tert-OH is 1. The molecule has 0 spiro atoms. The van der Waals surface area contributed by atoms with Crippen molar-refractivity contribution in [3.05, 3.63) is 112 Å². The lowest BCUT2D eigenvalue weighted by Crippen LogP contribution is -2.58. The van der Waals surface area contributed by atoms with Gasteiger partial charge in [-0.25, -0.2) is 13.8 Å². The number of carbonyl (C=O) groups is 4. The zero-order valence-electron chi connectivity index (χ0n) is 43.6. The largest absolute Gasteiger partial charge is 0.494 e. The lowest BCUT2D eigenvalue weighted by molar-refractivity contribution is -0.144. The molecule has 420 valence electrons. The molecular weight excluding hydrogens is 1090 g/mol. The summed E-state index contributed by atoms with van der Waals surface area (Å²) in [7, 11) is 0. The number of aliphatic hydroxyl groups is 1. The maximum Gasteiger partial charge on any atom is 0.420 e. The molecule has 0 aliphatic carbocycles. The summed E-state index contributed by atoms with van der Waals surface area (Å²) >= 11 is 6.90. The van der Waals surface area contributed by atoms with Crippen molar-refractivity contribution >= 4 is 63.7 Å². The van der Waals surface area contributed by atoms with Crippen LogP contribution >= 0.6 is 23.6 Å². The average Bonchev–Trinajstić information content (AvgIpc) is 4.26. The second kappa shape index (κ2) is 23.3. The maximum absolute atomic E-state index is 16.0. The van der Waals surface area contributed by atoms with Gasteiger partial charge in [-0.1, -0.05) is 45.0 Å². The molecule has 0 bridgehead atoms. The molecule has 2 saturated heterocycles. The number of ether oxygens (including phenoxy) is 2. The van der Waals surface area contributed by atoms with Crippen molar-refractivity contribution in [2.24, 2.45) is 5.41 Å². The van der Waals surface area contributed by atoms with Gasteiger partial charge in [0.2, 0.25) is 17.7 Å². The number of halogens is 8. The number of β-amino-alcohol motifs (C(OH)–C–C–N with tert-alkyl or cyclic N) is 1. The summed E-state index contributed by atoms with van der Waals surface area (Å²) < 4.78 is 128. The van der Waals surface area contributed by atoms with E-state index in [1.54, 1.807) is 26.3 Å². The summed E-state index contributed by atoms with van der Waals surface area (Å²) in [5.41, 5.74) is -5.18. The number of hydrogen-bond donors (Lipinski definition) is 3. The van der Waals surface area contributed by atoms with E-state index in [1.165, 1.54) is 36.2 Å². The van der Waals surface area contributed by atoms with E-state index in [0.29, 0.717) is 17.0 Å². The van der Waals surface area contributed by atoms with Gasteiger partial charge in [-0.15, -0.1) is 11.3 Å². The minimum atomic E-state index is -5.34. The Morgan fingerprint density at radius 1 is 0.962 bits per heavy atom. The number of unbranched alkanes of at least 4 members (excludes halogenated alkanes) is 1. The summed E-state index contributed by atoms with van der Waals surface area (Å²) in [6, 6.07) is 11.3. The molecule has 7 rings (SSSR count). The number of thiazole rings is 1. The zero-order valence-corrected chi connectivity index (χ0v) is 45.2. The van der Waals surface area contributed by atoms with Gasteiger partial charge >= 0.3 is 12.4 Å². The number of hydrogen-bond acceptors (Lipinski definition) is 12. The lowest BCUT2D eigenvalue weighted by Gasteiger charge is -2.35. The molecular formula is C54H54F8N8O7S2. The Hall–Kier alpha value is -7.14. The van der Waals surface area contributed by atoms with Gasteiger partial charge in [0.25, 0.3) is 5.91 Å². The second-order valence-electron chi connectivity index (χ2n) is 20.5. The van der Waals surface area contributed by atoms with Gasteiger partial charge in [-0.3, -0.25) is 29.1 Å². The Labute approximate surface area is 458 Å². The van der Waals surface area contributed by atoms with Gasteiger partial charge in [0, 0.05) is 31.2 Å². The van der Waals surface area contributed by atoms with Gasteiger partial charge in [0.1, 0.15) is 41.2 Å². The number of pyridine rings is 1. The Balaban J connectivity index is 0.918. The molecule has 5 aromatic rings. The minimum Gasteiger partial charge on any atom is -0.494 e. The molecule has 2 aliphatic heterocycles. The standard InChI is InChI=1S/C54H54F8N8O7S2/c1-28(30-10-12-31(13-11-30)45-29(2)65-27-79-45)66-47(73)40-21-34(71)25-68(40)48(74)46(51(3,4)5)67-41(72)26-76-18-8-9-19-77-35-15-16-36(37(22-35)53(57,58)59)44-38(55)20-33(24-64-44)70-50(78)69(49(75)52(70,6)7)39-17-14-32(23-63)42(43(39)56)54(60,61)62/h10-17,20,22,24,27-28,34,40,46,71H,8-9,18-19,21,25-26H2,1-7H3,(H,66,73)(H,67,72)/t28-,34+,40-,46+/m0/s1. The summed E-state index contributed by atoms with van der Waals surface area (Å²) in [5.74, 6) is -6.22. The van der Waals surface area contributed by atoms with Crippen LogP contribution in [0.2, 0.25) is 0 Å².